The Kier molecular flexibility index (Phi) is 3.27. The van der Waals surface area contributed by atoms with Crippen LogP contribution in [-0.4, -0.2) is 14.9 Å². The van der Waals surface area contributed by atoms with Crippen molar-refractivity contribution in [2.45, 2.75) is 6.61 Å². The van der Waals surface area contributed by atoms with Crippen molar-refractivity contribution in [3.05, 3.63) is 71.0 Å². The summed E-state index contributed by atoms with van der Waals surface area (Å²) < 4.78 is 0.736. The predicted octanol–water partition coefficient (Wildman–Crippen LogP) is 3.98. The van der Waals surface area contributed by atoms with Gasteiger partial charge in [0, 0.05) is 11.6 Å². The molecule has 0 atom stereocenters. The van der Waals surface area contributed by atoms with Gasteiger partial charge >= 0.3 is 0 Å². The van der Waals surface area contributed by atoms with Crippen LogP contribution in [0.25, 0.3) is 21.8 Å². The standard InChI is InChI=1S/C17H12BrN3O/c18-16-15-14-9-5-4-8-13(14)10-19-17(15)21(20-16)22-11-12-6-2-1-3-7-12/h1-10H,11H2. The maximum Gasteiger partial charge on any atom is 0.200 e. The number of hydrogen-bond donors (Lipinski definition) is 0. The van der Waals surface area contributed by atoms with Crippen molar-refractivity contribution in [1.29, 1.82) is 0 Å². The summed E-state index contributed by atoms with van der Waals surface area (Å²) in [4.78, 5) is 11.8. The van der Waals surface area contributed by atoms with Crippen LogP contribution < -0.4 is 4.84 Å². The highest BCUT2D eigenvalue weighted by atomic mass is 79.9. The zero-order valence-electron chi connectivity index (χ0n) is 11.6. The first-order valence-electron chi connectivity index (χ1n) is 6.92. The number of halogens is 1. The van der Waals surface area contributed by atoms with E-state index in [9.17, 15) is 0 Å². The maximum atomic E-state index is 5.79. The van der Waals surface area contributed by atoms with Crippen LogP contribution in [-0.2, 0) is 6.61 Å². The molecule has 4 aromatic rings. The van der Waals surface area contributed by atoms with Crippen LogP contribution in [0.4, 0.5) is 0 Å². The zero-order chi connectivity index (χ0) is 14.9. The number of nitrogens with zero attached hydrogens (tertiary/aromatic N) is 3. The van der Waals surface area contributed by atoms with E-state index in [2.05, 4.69) is 32.1 Å². The van der Waals surface area contributed by atoms with Gasteiger partial charge in [-0.15, -0.1) is 5.10 Å². The summed E-state index contributed by atoms with van der Waals surface area (Å²) in [5.41, 5.74) is 1.80. The van der Waals surface area contributed by atoms with Gasteiger partial charge in [-0.1, -0.05) is 59.4 Å². The van der Waals surface area contributed by atoms with E-state index in [0.717, 1.165) is 26.3 Å². The summed E-state index contributed by atoms with van der Waals surface area (Å²) in [6.45, 7) is 0.443. The Bertz CT molecular complexity index is 950. The molecule has 0 bridgehead atoms. The molecule has 5 heteroatoms. The second-order valence-corrected chi connectivity index (χ2v) is 5.72. The van der Waals surface area contributed by atoms with Gasteiger partial charge in [-0.2, -0.15) is 0 Å². The minimum atomic E-state index is 0.443. The molecule has 22 heavy (non-hydrogen) atoms. The fourth-order valence-corrected chi connectivity index (χ4v) is 3.01. The fraction of sp³-hybridized carbons (Fsp3) is 0.0588. The summed E-state index contributed by atoms with van der Waals surface area (Å²) in [7, 11) is 0. The Labute approximate surface area is 135 Å². The fourth-order valence-electron chi connectivity index (χ4n) is 2.48. The van der Waals surface area contributed by atoms with Crippen LogP contribution in [0.1, 0.15) is 5.56 Å². The van der Waals surface area contributed by atoms with E-state index in [1.54, 1.807) is 0 Å². The number of aromatic nitrogens is 3. The highest BCUT2D eigenvalue weighted by Crippen LogP contribution is 2.29. The Morgan fingerprint density at radius 2 is 1.77 bits per heavy atom. The first kappa shape index (κ1) is 13.3. The minimum absolute atomic E-state index is 0.443. The summed E-state index contributed by atoms with van der Waals surface area (Å²) in [6.07, 6.45) is 1.84. The van der Waals surface area contributed by atoms with Crippen LogP contribution in [0.2, 0.25) is 0 Å². The molecule has 0 aliphatic heterocycles. The third-order valence-corrected chi connectivity index (χ3v) is 4.10. The second kappa shape index (κ2) is 5.42. The van der Waals surface area contributed by atoms with E-state index in [0.29, 0.717) is 12.3 Å². The second-order valence-electron chi connectivity index (χ2n) is 4.97. The summed E-state index contributed by atoms with van der Waals surface area (Å²) in [6, 6.07) is 18.1. The molecule has 2 aromatic carbocycles. The van der Waals surface area contributed by atoms with E-state index < -0.39 is 0 Å². The number of benzene rings is 2. The van der Waals surface area contributed by atoms with Crippen molar-refractivity contribution in [2.75, 3.05) is 0 Å². The Hall–Kier alpha value is -2.40. The van der Waals surface area contributed by atoms with E-state index >= 15 is 0 Å². The molecule has 0 saturated heterocycles. The monoisotopic (exact) mass is 353 g/mol. The molecule has 4 rings (SSSR count). The van der Waals surface area contributed by atoms with Crippen molar-refractivity contribution < 1.29 is 4.84 Å². The number of fused-ring (bicyclic) bond motifs is 3. The molecular formula is C17H12BrN3O. The van der Waals surface area contributed by atoms with Gasteiger partial charge in [-0.25, -0.2) is 4.98 Å². The van der Waals surface area contributed by atoms with E-state index in [4.69, 9.17) is 4.84 Å². The highest BCUT2D eigenvalue weighted by Gasteiger charge is 2.14. The molecule has 2 aromatic heterocycles. The molecule has 4 nitrogen and oxygen atoms in total. The van der Waals surface area contributed by atoms with Crippen LogP contribution in [0.3, 0.4) is 0 Å². The van der Waals surface area contributed by atoms with Crippen molar-refractivity contribution in [1.82, 2.24) is 14.9 Å². The van der Waals surface area contributed by atoms with Gasteiger partial charge in [-0.05, 0) is 26.9 Å². The highest BCUT2D eigenvalue weighted by molar-refractivity contribution is 9.10. The molecule has 0 N–H and O–H groups in total. The third kappa shape index (κ3) is 2.23. The van der Waals surface area contributed by atoms with Gasteiger partial charge in [0.05, 0.1) is 5.39 Å². The molecular weight excluding hydrogens is 342 g/mol. The smallest absolute Gasteiger partial charge is 0.200 e. The average molecular weight is 354 g/mol. The molecule has 0 saturated carbocycles. The van der Waals surface area contributed by atoms with Gasteiger partial charge < -0.3 is 4.84 Å². The van der Waals surface area contributed by atoms with Crippen LogP contribution in [0.15, 0.2) is 65.4 Å². The quantitative estimate of drug-likeness (QED) is 0.559. The minimum Gasteiger partial charge on any atom is -0.390 e. The summed E-state index contributed by atoms with van der Waals surface area (Å²) >= 11 is 3.51. The number of pyridine rings is 1. The van der Waals surface area contributed by atoms with Gasteiger partial charge in [0.25, 0.3) is 0 Å². The van der Waals surface area contributed by atoms with Crippen LogP contribution >= 0.6 is 15.9 Å². The molecule has 0 radical (unpaired) electrons. The van der Waals surface area contributed by atoms with E-state index in [1.807, 2.05) is 54.7 Å². The lowest BCUT2D eigenvalue weighted by atomic mass is 10.1. The Morgan fingerprint density at radius 1 is 1.00 bits per heavy atom. The van der Waals surface area contributed by atoms with Gasteiger partial charge in [0.1, 0.15) is 11.2 Å². The predicted molar refractivity (Wildman–Crippen MR) is 89.5 cm³/mol. The lowest BCUT2D eigenvalue weighted by molar-refractivity contribution is 0.0775. The average Bonchev–Trinajstić information content (AvgIpc) is 2.90. The molecule has 0 aliphatic carbocycles. The van der Waals surface area contributed by atoms with Gasteiger partial charge in [0.2, 0.25) is 5.65 Å². The van der Waals surface area contributed by atoms with Crippen molar-refractivity contribution in [2.24, 2.45) is 0 Å². The Morgan fingerprint density at radius 3 is 2.64 bits per heavy atom. The molecule has 0 aliphatic rings. The normalized spacial score (nSPS) is 11.1. The molecule has 2 heterocycles. The van der Waals surface area contributed by atoms with Crippen molar-refractivity contribution >= 4 is 37.7 Å². The largest absolute Gasteiger partial charge is 0.390 e. The lowest BCUT2D eigenvalue weighted by Crippen LogP contribution is -2.13. The maximum absolute atomic E-state index is 5.79. The van der Waals surface area contributed by atoms with Crippen LogP contribution in [0.5, 0.6) is 0 Å². The molecule has 0 amide bonds. The van der Waals surface area contributed by atoms with Crippen LogP contribution in [0, 0.1) is 0 Å². The van der Waals surface area contributed by atoms with Crippen molar-refractivity contribution in [3.63, 3.8) is 0 Å². The first-order chi connectivity index (χ1) is 10.8. The number of hydrogen-bond acceptors (Lipinski definition) is 3. The third-order valence-electron chi connectivity index (χ3n) is 3.54. The van der Waals surface area contributed by atoms with Crippen molar-refractivity contribution in [3.8, 4) is 0 Å². The molecule has 108 valence electrons. The van der Waals surface area contributed by atoms with Gasteiger partial charge in [0.15, 0.2) is 0 Å². The Balaban J connectivity index is 1.77. The molecule has 0 spiro atoms. The van der Waals surface area contributed by atoms with Gasteiger partial charge in [-0.3, -0.25) is 0 Å². The molecule has 0 unspecified atom stereocenters. The van der Waals surface area contributed by atoms with E-state index in [1.165, 1.54) is 4.85 Å². The zero-order valence-corrected chi connectivity index (χ0v) is 13.2. The molecule has 0 fully saturated rings. The summed E-state index contributed by atoms with van der Waals surface area (Å²) in [5, 5.41) is 7.55. The topological polar surface area (TPSA) is 39.9 Å². The van der Waals surface area contributed by atoms with E-state index in [-0.39, 0.29) is 0 Å². The lowest BCUT2D eigenvalue weighted by Gasteiger charge is -2.06. The SMILES string of the molecule is Brc1nn(OCc2ccccc2)c2ncc3ccccc3c12. The number of rotatable bonds is 3. The summed E-state index contributed by atoms with van der Waals surface area (Å²) in [5.74, 6) is 0. The first-order valence-corrected chi connectivity index (χ1v) is 7.71.